The molecule has 0 fully saturated rings. The summed E-state index contributed by atoms with van der Waals surface area (Å²) in [7, 11) is 0. The molecule has 0 saturated carbocycles. The summed E-state index contributed by atoms with van der Waals surface area (Å²) in [5.41, 5.74) is 3.39. The summed E-state index contributed by atoms with van der Waals surface area (Å²) in [6.45, 7) is 5.17. The first-order valence-corrected chi connectivity index (χ1v) is 8.09. The minimum atomic E-state index is 0.0492. The highest BCUT2D eigenvalue weighted by Crippen LogP contribution is 2.39. The van der Waals surface area contributed by atoms with Gasteiger partial charge in [-0.05, 0) is 30.0 Å². The van der Waals surface area contributed by atoms with E-state index in [0.717, 1.165) is 18.5 Å². The summed E-state index contributed by atoms with van der Waals surface area (Å²) in [5.74, 6) is 0.685. The summed E-state index contributed by atoms with van der Waals surface area (Å²) < 4.78 is 0. The zero-order chi connectivity index (χ0) is 15.5. The Bertz CT molecular complexity index is 648. The summed E-state index contributed by atoms with van der Waals surface area (Å²) in [4.78, 5) is 12.6. The lowest BCUT2D eigenvalue weighted by Crippen LogP contribution is -2.31. The molecule has 22 heavy (non-hydrogen) atoms. The van der Waals surface area contributed by atoms with Gasteiger partial charge in [-0.2, -0.15) is 0 Å². The maximum Gasteiger partial charge on any atom is 0.168 e. The lowest BCUT2D eigenvalue weighted by molar-refractivity contribution is 0.0876. The van der Waals surface area contributed by atoms with Gasteiger partial charge in [-0.3, -0.25) is 4.79 Å². The lowest BCUT2D eigenvalue weighted by atomic mass is 9.88. The van der Waals surface area contributed by atoms with Gasteiger partial charge in [-0.25, -0.2) is 0 Å². The van der Waals surface area contributed by atoms with Crippen molar-refractivity contribution in [2.24, 2.45) is 11.8 Å². The number of hydrogen-bond acceptors (Lipinski definition) is 2. The Labute approximate surface area is 132 Å². The van der Waals surface area contributed by atoms with Crippen molar-refractivity contribution >= 4 is 5.78 Å². The van der Waals surface area contributed by atoms with E-state index in [9.17, 15) is 4.79 Å². The first kappa shape index (κ1) is 15.0. The number of carbonyl (C=O) groups excluding carboxylic acids is 1. The van der Waals surface area contributed by atoms with Gasteiger partial charge < -0.3 is 5.32 Å². The number of nitrogens with one attached hydrogen (secondary N) is 1. The molecule has 2 nitrogen and oxygen atoms in total. The second-order valence-corrected chi connectivity index (χ2v) is 6.39. The van der Waals surface area contributed by atoms with Crippen molar-refractivity contribution < 1.29 is 4.79 Å². The molecule has 1 aliphatic rings. The first-order chi connectivity index (χ1) is 10.7. The zero-order valence-electron chi connectivity index (χ0n) is 13.3. The number of rotatable bonds is 5. The van der Waals surface area contributed by atoms with Crippen LogP contribution in [0.4, 0.5) is 0 Å². The lowest BCUT2D eigenvalue weighted by Gasteiger charge is -2.24. The van der Waals surface area contributed by atoms with Crippen LogP contribution in [0.1, 0.15) is 41.4 Å². The minimum Gasteiger partial charge on any atom is -0.309 e. The van der Waals surface area contributed by atoms with Crippen LogP contribution in [0, 0.1) is 11.8 Å². The maximum absolute atomic E-state index is 12.6. The van der Waals surface area contributed by atoms with Crippen molar-refractivity contribution in [3.63, 3.8) is 0 Å². The maximum atomic E-state index is 12.6. The Kier molecular flexibility index (Phi) is 4.39. The predicted molar refractivity (Wildman–Crippen MR) is 90.0 cm³/mol. The Morgan fingerprint density at radius 2 is 1.68 bits per heavy atom. The number of Topliss-reactive ketones (excluding diaryl/α,β-unsaturated/α-hetero) is 1. The number of carbonyl (C=O) groups is 1. The summed E-state index contributed by atoms with van der Waals surface area (Å²) in [6.07, 6.45) is 0.985. The highest BCUT2D eigenvalue weighted by atomic mass is 16.1. The van der Waals surface area contributed by atoms with Crippen molar-refractivity contribution in [3.8, 4) is 0 Å². The van der Waals surface area contributed by atoms with Gasteiger partial charge in [0.2, 0.25) is 0 Å². The van der Waals surface area contributed by atoms with Crippen molar-refractivity contribution in [3.05, 3.63) is 71.3 Å². The van der Waals surface area contributed by atoms with Crippen LogP contribution in [-0.2, 0) is 6.42 Å². The number of fused-ring (bicyclic) bond motifs is 1. The van der Waals surface area contributed by atoms with Crippen LogP contribution >= 0.6 is 0 Å². The van der Waals surface area contributed by atoms with Crippen LogP contribution in [0.2, 0.25) is 0 Å². The molecule has 0 saturated heterocycles. The molecule has 2 atom stereocenters. The van der Waals surface area contributed by atoms with E-state index in [-0.39, 0.29) is 12.0 Å². The summed E-state index contributed by atoms with van der Waals surface area (Å²) >= 11 is 0. The van der Waals surface area contributed by atoms with Gasteiger partial charge >= 0.3 is 0 Å². The molecule has 0 aliphatic heterocycles. The van der Waals surface area contributed by atoms with Crippen molar-refractivity contribution in [2.45, 2.75) is 26.3 Å². The number of hydrogen-bond donors (Lipinski definition) is 1. The van der Waals surface area contributed by atoms with E-state index in [1.54, 1.807) is 0 Å². The van der Waals surface area contributed by atoms with Gasteiger partial charge in [0.05, 0.1) is 0 Å². The molecular formula is C20H23NO. The van der Waals surface area contributed by atoms with E-state index in [0.29, 0.717) is 11.7 Å². The zero-order valence-corrected chi connectivity index (χ0v) is 13.3. The topological polar surface area (TPSA) is 29.1 Å². The smallest absolute Gasteiger partial charge is 0.168 e. The highest BCUT2D eigenvalue weighted by molar-refractivity contribution is 6.03. The molecule has 114 valence electrons. The Morgan fingerprint density at radius 3 is 2.41 bits per heavy atom. The first-order valence-electron chi connectivity index (χ1n) is 8.09. The van der Waals surface area contributed by atoms with E-state index in [1.165, 1.54) is 11.1 Å². The highest BCUT2D eigenvalue weighted by Gasteiger charge is 2.40. The van der Waals surface area contributed by atoms with Crippen molar-refractivity contribution in [1.82, 2.24) is 5.32 Å². The molecule has 1 aliphatic carbocycles. The molecule has 2 unspecified atom stereocenters. The van der Waals surface area contributed by atoms with Crippen LogP contribution < -0.4 is 5.32 Å². The third-order valence-electron chi connectivity index (χ3n) is 4.56. The van der Waals surface area contributed by atoms with Gasteiger partial charge in [0.1, 0.15) is 0 Å². The second kappa shape index (κ2) is 6.45. The van der Waals surface area contributed by atoms with Crippen LogP contribution in [0.25, 0.3) is 0 Å². The molecule has 0 amide bonds. The van der Waals surface area contributed by atoms with Gasteiger partial charge in [-0.15, -0.1) is 0 Å². The van der Waals surface area contributed by atoms with Crippen molar-refractivity contribution in [1.29, 1.82) is 0 Å². The van der Waals surface area contributed by atoms with E-state index in [4.69, 9.17) is 0 Å². The predicted octanol–water partition coefficient (Wildman–Crippen LogP) is 4.03. The van der Waals surface area contributed by atoms with Gasteiger partial charge in [0.15, 0.2) is 5.78 Å². The molecular weight excluding hydrogens is 270 g/mol. The van der Waals surface area contributed by atoms with Gasteiger partial charge in [-0.1, -0.05) is 68.4 Å². The third-order valence-corrected chi connectivity index (χ3v) is 4.56. The Balaban J connectivity index is 1.74. The fourth-order valence-electron chi connectivity index (χ4n) is 3.46. The minimum absolute atomic E-state index is 0.0492. The molecule has 0 aromatic heterocycles. The monoisotopic (exact) mass is 293 g/mol. The van der Waals surface area contributed by atoms with Crippen molar-refractivity contribution in [2.75, 3.05) is 6.54 Å². The summed E-state index contributed by atoms with van der Waals surface area (Å²) in [6, 6.07) is 18.7. The Hall–Kier alpha value is -1.93. The van der Waals surface area contributed by atoms with Crippen LogP contribution in [0.5, 0.6) is 0 Å². The molecule has 2 aromatic rings. The molecule has 0 heterocycles. The van der Waals surface area contributed by atoms with Gasteiger partial charge in [0.25, 0.3) is 0 Å². The van der Waals surface area contributed by atoms with E-state index in [1.807, 2.05) is 24.3 Å². The van der Waals surface area contributed by atoms with Gasteiger partial charge in [0, 0.05) is 17.5 Å². The molecule has 0 bridgehead atoms. The Morgan fingerprint density at radius 1 is 1.00 bits per heavy atom. The van der Waals surface area contributed by atoms with E-state index >= 15 is 0 Å². The van der Waals surface area contributed by atoms with Crippen LogP contribution in [0.3, 0.4) is 0 Å². The molecule has 0 radical (unpaired) electrons. The average Bonchev–Trinajstić information content (AvgIpc) is 2.82. The van der Waals surface area contributed by atoms with E-state index in [2.05, 4.69) is 49.5 Å². The summed E-state index contributed by atoms with van der Waals surface area (Å²) in [5, 5.41) is 3.63. The second-order valence-electron chi connectivity index (χ2n) is 6.39. The molecule has 0 spiro atoms. The molecule has 1 N–H and O–H groups in total. The molecule has 2 aromatic carbocycles. The molecule has 3 rings (SSSR count). The SMILES string of the molecule is CC(C)C1C(=O)c2ccccc2C1NCCc1ccccc1. The van der Waals surface area contributed by atoms with Crippen LogP contribution in [0.15, 0.2) is 54.6 Å². The third kappa shape index (κ3) is 2.84. The fraction of sp³-hybridized carbons (Fsp3) is 0.350. The fourth-order valence-corrected chi connectivity index (χ4v) is 3.46. The number of benzene rings is 2. The standard InChI is InChI=1S/C20H23NO/c1-14(2)18-19(16-10-6-7-11-17(16)20(18)22)21-13-12-15-8-4-3-5-9-15/h3-11,14,18-19,21H,12-13H2,1-2H3. The largest absolute Gasteiger partial charge is 0.309 e. The molecule has 2 heteroatoms. The number of ketones is 1. The quantitative estimate of drug-likeness (QED) is 0.902. The van der Waals surface area contributed by atoms with E-state index < -0.39 is 0 Å². The normalized spacial score (nSPS) is 20.4. The average molecular weight is 293 g/mol. The van der Waals surface area contributed by atoms with Crippen LogP contribution in [-0.4, -0.2) is 12.3 Å².